The van der Waals surface area contributed by atoms with Crippen molar-refractivity contribution >= 4 is 5.91 Å². The summed E-state index contributed by atoms with van der Waals surface area (Å²) in [5.74, 6) is 0.998. The summed E-state index contributed by atoms with van der Waals surface area (Å²) in [7, 11) is 3.19. The Morgan fingerprint density at radius 1 is 1.03 bits per heavy atom. The van der Waals surface area contributed by atoms with E-state index in [4.69, 9.17) is 14.2 Å². The van der Waals surface area contributed by atoms with Gasteiger partial charge in [-0.1, -0.05) is 19.9 Å². The van der Waals surface area contributed by atoms with Crippen molar-refractivity contribution in [3.8, 4) is 17.2 Å². The number of hydrogen-bond acceptors (Lipinski definition) is 5. The van der Waals surface area contributed by atoms with E-state index in [-0.39, 0.29) is 17.5 Å². The van der Waals surface area contributed by atoms with E-state index in [1.807, 2.05) is 36.6 Å². The van der Waals surface area contributed by atoms with Gasteiger partial charge in [-0.3, -0.25) is 9.36 Å². The molecule has 1 fully saturated rings. The molecule has 0 spiro atoms. The molecule has 1 amide bonds. The zero-order valence-electron chi connectivity index (χ0n) is 19.3. The van der Waals surface area contributed by atoms with Crippen LogP contribution >= 0.6 is 0 Å². The Morgan fingerprint density at radius 3 is 2.33 bits per heavy atom. The van der Waals surface area contributed by atoms with Gasteiger partial charge in [0.05, 0.1) is 39.3 Å². The van der Waals surface area contributed by atoms with Gasteiger partial charge in [0.2, 0.25) is 5.82 Å². The summed E-state index contributed by atoms with van der Waals surface area (Å²) in [6, 6.07) is 11.8. The van der Waals surface area contributed by atoms with Crippen LogP contribution < -0.4 is 9.47 Å². The van der Waals surface area contributed by atoms with Crippen LogP contribution in [0.2, 0.25) is 0 Å². The quantitative estimate of drug-likeness (QED) is 0.568. The van der Waals surface area contributed by atoms with Crippen LogP contribution in [0.5, 0.6) is 11.5 Å². The summed E-state index contributed by atoms with van der Waals surface area (Å²) in [6.45, 7) is 6.09. The van der Waals surface area contributed by atoms with Crippen molar-refractivity contribution in [2.75, 3.05) is 40.5 Å². The highest BCUT2D eigenvalue weighted by atomic mass is 19.1. The van der Waals surface area contributed by atoms with Gasteiger partial charge in [0, 0.05) is 24.2 Å². The summed E-state index contributed by atoms with van der Waals surface area (Å²) in [6.07, 6.45) is 1.72. The van der Waals surface area contributed by atoms with Crippen LogP contribution in [0.4, 0.5) is 4.39 Å². The number of benzene rings is 2. The fraction of sp³-hybridized carbons (Fsp3) is 0.360. The van der Waals surface area contributed by atoms with Gasteiger partial charge in [-0.2, -0.15) is 0 Å². The zero-order chi connectivity index (χ0) is 23.6. The van der Waals surface area contributed by atoms with Gasteiger partial charge < -0.3 is 19.1 Å². The Bertz CT molecular complexity index is 1140. The summed E-state index contributed by atoms with van der Waals surface area (Å²) in [4.78, 5) is 19.7. The van der Waals surface area contributed by atoms with E-state index in [9.17, 15) is 9.18 Å². The molecule has 33 heavy (non-hydrogen) atoms. The van der Waals surface area contributed by atoms with Crippen LogP contribution in [-0.2, 0) is 10.2 Å². The lowest BCUT2D eigenvalue weighted by molar-refractivity contribution is 0.0293. The molecule has 0 atom stereocenters. The van der Waals surface area contributed by atoms with Crippen LogP contribution in [-0.4, -0.2) is 60.9 Å². The smallest absolute Gasteiger partial charge is 0.290 e. The average Bonchev–Trinajstić information content (AvgIpc) is 3.30. The van der Waals surface area contributed by atoms with Crippen molar-refractivity contribution in [2.24, 2.45) is 0 Å². The van der Waals surface area contributed by atoms with E-state index in [0.717, 1.165) is 11.3 Å². The molecule has 174 valence electrons. The van der Waals surface area contributed by atoms with Crippen LogP contribution in [0.3, 0.4) is 0 Å². The van der Waals surface area contributed by atoms with E-state index >= 15 is 0 Å². The number of hydrogen-bond donors (Lipinski definition) is 0. The van der Waals surface area contributed by atoms with E-state index in [2.05, 4.69) is 4.98 Å². The molecule has 1 aromatic heterocycles. The molecule has 4 rings (SSSR count). The Balaban J connectivity index is 1.85. The predicted octanol–water partition coefficient (Wildman–Crippen LogP) is 3.83. The highest BCUT2D eigenvalue weighted by Gasteiger charge is 2.33. The second-order valence-corrected chi connectivity index (χ2v) is 8.38. The van der Waals surface area contributed by atoms with Crippen molar-refractivity contribution in [1.29, 1.82) is 0 Å². The number of carbonyl (C=O) groups is 1. The number of morpholine rings is 1. The second kappa shape index (κ2) is 9.23. The Morgan fingerprint density at radius 2 is 1.70 bits per heavy atom. The van der Waals surface area contributed by atoms with Crippen LogP contribution in [0.1, 0.15) is 35.7 Å². The SMILES string of the molecule is COc1ccc(C(C)(C)c2cnc(C(=O)N3CCOCC3)n2-c2ccc(F)cc2)cc1OC. The number of nitrogens with zero attached hydrogens (tertiary/aromatic N) is 3. The minimum Gasteiger partial charge on any atom is -0.493 e. The number of carbonyl (C=O) groups excluding carboxylic acids is 1. The van der Waals surface area contributed by atoms with E-state index < -0.39 is 5.41 Å². The van der Waals surface area contributed by atoms with Crippen LogP contribution in [0.15, 0.2) is 48.7 Å². The third-order valence-electron chi connectivity index (χ3n) is 6.08. The molecule has 2 aromatic carbocycles. The highest BCUT2D eigenvalue weighted by molar-refractivity contribution is 5.92. The Labute approximate surface area is 192 Å². The number of aromatic nitrogens is 2. The van der Waals surface area contributed by atoms with Crippen molar-refractivity contribution in [3.05, 3.63) is 71.6 Å². The van der Waals surface area contributed by atoms with E-state index in [1.165, 1.54) is 12.1 Å². The standard InChI is InChI=1S/C25H28FN3O4/c1-25(2,17-5-10-20(31-3)21(15-17)32-4)22-16-27-23(24(30)28-11-13-33-14-12-28)29(22)19-8-6-18(26)7-9-19/h5-10,15-16H,11-14H2,1-4H3. The van der Waals surface area contributed by atoms with Crippen molar-refractivity contribution in [1.82, 2.24) is 14.5 Å². The number of ether oxygens (including phenoxy) is 3. The van der Waals surface area contributed by atoms with Gasteiger partial charge in [-0.05, 0) is 42.0 Å². The second-order valence-electron chi connectivity index (χ2n) is 8.38. The topological polar surface area (TPSA) is 65.8 Å². The first-order chi connectivity index (χ1) is 15.9. The van der Waals surface area contributed by atoms with Gasteiger partial charge >= 0.3 is 0 Å². The summed E-state index contributed by atoms with van der Waals surface area (Å²) in [5.41, 5.74) is 1.84. The first-order valence-corrected chi connectivity index (χ1v) is 10.8. The molecule has 3 aromatic rings. The molecule has 0 bridgehead atoms. The van der Waals surface area contributed by atoms with Crippen molar-refractivity contribution in [3.63, 3.8) is 0 Å². The van der Waals surface area contributed by atoms with Gasteiger partial charge in [0.25, 0.3) is 5.91 Å². The predicted molar refractivity (Wildman–Crippen MR) is 122 cm³/mol. The molecule has 1 aliphatic rings. The lowest BCUT2D eigenvalue weighted by Crippen LogP contribution is -2.42. The molecule has 0 radical (unpaired) electrons. The monoisotopic (exact) mass is 453 g/mol. The molecular formula is C25H28FN3O4. The average molecular weight is 454 g/mol. The summed E-state index contributed by atoms with van der Waals surface area (Å²) >= 11 is 0. The number of methoxy groups -OCH3 is 2. The van der Waals surface area contributed by atoms with Crippen molar-refractivity contribution in [2.45, 2.75) is 19.3 Å². The third-order valence-corrected chi connectivity index (χ3v) is 6.08. The molecule has 0 aliphatic carbocycles. The largest absolute Gasteiger partial charge is 0.493 e. The number of halogens is 1. The normalized spacial score (nSPS) is 14.3. The molecule has 0 N–H and O–H groups in total. The van der Waals surface area contributed by atoms with E-state index in [1.54, 1.807) is 37.4 Å². The number of imidazole rings is 1. The third kappa shape index (κ3) is 4.30. The molecule has 0 saturated carbocycles. The molecule has 1 saturated heterocycles. The van der Waals surface area contributed by atoms with Crippen molar-refractivity contribution < 1.29 is 23.4 Å². The first-order valence-electron chi connectivity index (χ1n) is 10.8. The first kappa shape index (κ1) is 22.8. The Hall–Kier alpha value is -3.39. The lowest BCUT2D eigenvalue weighted by Gasteiger charge is -2.29. The molecule has 0 unspecified atom stereocenters. The molecular weight excluding hydrogens is 425 g/mol. The highest BCUT2D eigenvalue weighted by Crippen LogP contribution is 2.38. The molecule has 1 aliphatic heterocycles. The van der Waals surface area contributed by atoms with Gasteiger partial charge in [-0.15, -0.1) is 0 Å². The maximum atomic E-state index is 13.7. The zero-order valence-corrected chi connectivity index (χ0v) is 19.3. The maximum Gasteiger partial charge on any atom is 0.290 e. The fourth-order valence-corrected chi connectivity index (χ4v) is 4.08. The number of rotatable bonds is 6. The minimum atomic E-state index is -0.565. The fourth-order valence-electron chi connectivity index (χ4n) is 4.08. The van der Waals surface area contributed by atoms with Gasteiger partial charge in [0.15, 0.2) is 11.5 Å². The number of amides is 1. The maximum absolute atomic E-state index is 13.7. The summed E-state index contributed by atoms with van der Waals surface area (Å²) in [5, 5.41) is 0. The lowest BCUT2D eigenvalue weighted by atomic mass is 9.81. The van der Waals surface area contributed by atoms with E-state index in [0.29, 0.717) is 43.5 Å². The Kier molecular flexibility index (Phi) is 6.37. The van der Waals surface area contributed by atoms with Crippen LogP contribution in [0.25, 0.3) is 5.69 Å². The van der Waals surface area contributed by atoms with Gasteiger partial charge in [0.1, 0.15) is 5.82 Å². The molecule has 2 heterocycles. The molecule has 7 nitrogen and oxygen atoms in total. The molecule has 8 heteroatoms. The van der Waals surface area contributed by atoms with Gasteiger partial charge in [-0.25, -0.2) is 9.37 Å². The summed E-state index contributed by atoms with van der Waals surface area (Å²) < 4.78 is 31.8. The van der Waals surface area contributed by atoms with Crippen LogP contribution in [0, 0.1) is 5.82 Å². The minimum absolute atomic E-state index is 0.183.